The Balaban J connectivity index is 0.000000213. The first-order chi connectivity index (χ1) is 60.8. The second kappa shape index (κ2) is 49.7. The number of hydrazine groups is 1. The predicted octanol–water partition coefficient (Wildman–Crippen LogP) is 15.7. The van der Waals surface area contributed by atoms with Gasteiger partial charge in [-0.2, -0.15) is 8.61 Å². The molecule has 0 radical (unpaired) electrons. The molecule has 0 bridgehead atoms. The van der Waals surface area contributed by atoms with Gasteiger partial charge >= 0.3 is 17.9 Å². The van der Waals surface area contributed by atoms with Gasteiger partial charge in [-0.15, -0.1) is 0 Å². The second-order valence-corrected chi connectivity index (χ2v) is 39.1. The van der Waals surface area contributed by atoms with E-state index in [1.165, 1.54) is 40.7 Å². The number of rotatable bonds is 30. The topological polar surface area (TPSA) is 385 Å². The Bertz CT molecular complexity index is 5550. The number of nitrogens with one attached hydrogen (secondary N) is 4. The number of hydrogen-bond acceptors (Lipinski definition) is 22. The molecule has 2 aliphatic rings. The standard InChI is InChI=1S/C19H25FN2O2S.C19H27NO2.C18H18BrNO3.C17H23N3O2S.C13H20N2O4.C12H17NO4/c1-14(2)21-11-6-12-22(15(3)13-21)25(23,24)18-10-5-8-16-7-4-9-17(20)19(16)18;1-14(2)20(15(3)4)12-17(21)13-22-19-11-7-9-16-8-5-6-10-18(16)19;1-11(2)20-17-13(10-16(21)22)4-3-5-15(17)18(23)12-6-8-14(19)9-7-12;1-14(2)19-9-4-10-20(12-11-19)23(21,22)17-6-3-5-15-13-18-8-7-16(15)17;1-8(2)14-15-13(3,12(18)19)7-9-4-5-10(16)11(17)6-9;1-7(2)13-9(12(16)17)5-8-3-4-10(14)11(15)6-8/h4-5,7-10,14-15H,6,11-13H2,1-3H3;5-11,14-15,17,21H,12-13H2,1-4H3;3-9,11,20H,10H2,1-2H3,(H,21,22);3,5-8,13-14H,4,9-12H2,1-2H3;4-6,8,14-17H,7H2,1-3H3,(H,18,19);3-4,6-7,9,13-15H,5H2,1-2H3,(H,16,17)/t15-;;;;13-;9-/m0...00/s1. The van der Waals surface area contributed by atoms with E-state index >= 15 is 0 Å². The maximum atomic E-state index is 14.4. The van der Waals surface area contributed by atoms with Crippen LogP contribution in [0.25, 0.3) is 32.3 Å². The number of pyridine rings is 1. The first-order valence-corrected chi connectivity index (χ1v) is 47.2. The predicted molar refractivity (Wildman–Crippen MR) is 511 cm³/mol. The first kappa shape index (κ1) is 106. The van der Waals surface area contributed by atoms with Crippen molar-refractivity contribution < 1.29 is 86.0 Å². The summed E-state index contributed by atoms with van der Waals surface area (Å²) in [7, 11) is -7.25. The Morgan fingerprint density at radius 1 is 0.597 bits per heavy atom. The number of aromatic nitrogens is 1. The molecule has 9 aromatic carbocycles. The third-order valence-corrected chi connectivity index (χ3v) is 26.2. The molecule has 3 heterocycles. The van der Waals surface area contributed by atoms with Crippen molar-refractivity contribution in [3.05, 3.63) is 232 Å². The lowest BCUT2D eigenvalue weighted by molar-refractivity contribution is -0.145. The van der Waals surface area contributed by atoms with Crippen LogP contribution in [0.15, 0.2) is 209 Å². The van der Waals surface area contributed by atoms with E-state index in [0.717, 1.165) is 64.2 Å². The Kier molecular flexibility index (Phi) is 40.7. The number of hydrogen-bond donors (Lipinski definition) is 12. The van der Waals surface area contributed by atoms with Crippen molar-refractivity contribution in [1.82, 2.24) is 44.5 Å². The largest absolute Gasteiger partial charge is 0.504 e. The molecule has 27 nitrogen and oxygen atoms in total. The molecule has 1 unspecified atom stereocenters. The lowest BCUT2D eigenvalue weighted by Crippen LogP contribution is -2.58. The number of phenolic OH excluding ortho intramolecular Hbond substituents is 4. The Hall–Kier alpha value is -10.3. The van der Waals surface area contributed by atoms with E-state index in [4.69, 9.17) is 20.1 Å². The highest BCUT2D eigenvalue weighted by atomic mass is 79.9. The molecule has 1 aromatic heterocycles. The van der Waals surface area contributed by atoms with Crippen molar-refractivity contribution >= 4 is 97.7 Å². The molecule has 4 atom stereocenters. The molecule has 10 aromatic rings. The summed E-state index contributed by atoms with van der Waals surface area (Å²) in [5, 5.41) is 85.6. The van der Waals surface area contributed by atoms with E-state index in [1.54, 1.807) is 109 Å². The number of aromatic hydroxyl groups is 4. The summed E-state index contributed by atoms with van der Waals surface area (Å²) in [6.45, 7) is 37.8. The number of aliphatic hydroxyl groups is 1. The number of ether oxygens (including phenoxy) is 1. The zero-order chi connectivity index (χ0) is 95.4. The quantitative estimate of drug-likeness (QED) is 0.0113. The SMILES string of the molecule is CC(C)N(CC(O)COc1cccc2ccccc12)C(C)C.CC(C)N1CCCN(S(=O)(=O)c2cccc3cccc(F)c23)[C@@H](C)C1.CC(C)N1CCCN(S(=O)(=O)c2cccc3cnccc23)CC1.CC(C)NN[C@@](C)(Cc1ccc(O)c(O)c1)C(=O)O.CC(C)N[C@@H](Cc1ccc(O)c(O)c1)C(=O)O.CC(C)Nc1c(CC(=O)O)cccc1C(=O)c1ccc(Br)cc1. The monoisotopic (exact) mass is 1880 g/mol. The lowest BCUT2D eigenvalue weighted by atomic mass is 9.93. The molecule has 2 fully saturated rings. The highest BCUT2D eigenvalue weighted by Gasteiger charge is 2.37. The number of sulfonamides is 2. The minimum absolute atomic E-state index is 0.0572. The summed E-state index contributed by atoms with van der Waals surface area (Å²) in [5.41, 5.74) is 7.95. The molecule has 700 valence electrons. The molecule has 12 rings (SSSR count). The lowest BCUT2D eigenvalue weighted by Gasteiger charge is -2.32. The second-order valence-electron chi connectivity index (χ2n) is 34.4. The number of carboxylic acids is 3. The third kappa shape index (κ3) is 31.2. The van der Waals surface area contributed by atoms with Crippen LogP contribution in [0.4, 0.5) is 10.1 Å². The zero-order valence-electron chi connectivity index (χ0n) is 76.7. The van der Waals surface area contributed by atoms with E-state index in [9.17, 15) is 65.9 Å². The number of nitrogens with zero attached hydrogens (tertiary/aromatic N) is 6. The van der Waals surface area contributed by atoms with Crippen molar-refractivity contribution in [2.75, 3.05) is 64.3 Å². The van der Waals surface area contributed by atoms with Crippen LogP contribution in [0.3, 0.4) is 0 Å². The number of aliphatic hydroxyl groups excluding tert-OH is 1. The first-order valence-electron chi connectivity index (χ1n) is 43.5. The fourth-order valence-electron chi connectivity index (χ4n) is 15.0. The molecule has 12 N–H and O–H groups in total. The van der Waals surface area contributed by atoms with Gasteiger partial charge in [0.15, 0.2) is 28.8 Å². The molecule has 0 amide bonds. The Morgan fingerprint density at radius 3 is 1.77 bits per heavy atom. The van der Waals surface area contributed by atoms with Crippen LogP contribution in [-0.4, -0.2) is 235 Å². The fourth-order valence-corrected chi connectivity index (χ4v) is 18.8. The van der Waals surface area contributed by atoms with Gasteiger partial charge in [0, 0.05) is 149 Å². The molecule has 0 aliphatic carbocycles. The molecule has 0 saturated carbocycles. The third-order valence-electron chi connectivity index (χ3n) is 21.6. The fraction of sp³-hybridized carbons (Fsp3) is 0.418. The van der Waals surface area contributed by atoms with E-state index in [-0.39, 0.29) is 82.5 Å². The number of aliphatic carboxylic acids is 3. The summed E-state index contributed by atoms with van der Waals surface area (Å²) < 4.78 is 77.2. The number of phenols is 4. The molecule has 31 heteroatoms. The van der Waals surface area contributed by atoms with Crippen LogP contribution in [0.1, 0.15) is 156 Å². The van der Waals surface area contributed by atoms with Gasteiger partial charge in [-0.25, -0.2) is 26.7 Å². The molecular formula is C98H130BrFN10O17S2. The van der Waals surface area contributed by atoms with Crippen LogP contribution >= 0.6 is 15.9 Å². The van der Waals surface area contributed by atoms with Crippen LogP contribution < -0.4 is 26.2 Å². The van der Waals surface area contributed by atoms with Crippen LogP contribution in [0.2, 0.25) is 0 Å². The van der Waals surface area contributed by atoms with Crippen molar-refractivity contribution in [1.29, 1.82) is 0 Å². The number of halogens is 2. The minimum atomic E-state index is -3.77. The number of para-hydroxylation sites is 1. The van der Waals surface area contributed by atoms with Gasteiger partial charge in [-0.05, 0) is 242 Å². The summed E-state index contributed by atoms with van der Waals surface area (Å²) in [5.74, 6) is -3.61. The van der Waals surface area contributed by atoms with Crippen LogP contribution in [0, 0.1) is 5.82 Å². The number of anilines is 1. The van der Waals surface area contributed by atoms with E-state index in [0.29, 0.717) is 107 Å². The number of carboxylic acid groups (broad SMARTS) is 3. The van der Waals surface area contributed by atoms with Crippen LogP contribution in [0.5, 0.6) is 28.7 Å². The van der Waals surface area contributed by atoms with Gasteiger partial charge in [0.05, 0.1) is 16.2 Å². The maximum absolute atomic E-state index is 14.4. The summed E-state index contributed by atoms with van der Waals surface area (Å²) in [4.78, 5) is 57.7. The van der Waals surface area contributed by atoms with Crippen molar-refractivity contribution in [2.45, 2.75) is 219 Å². The smallest absolute Gasteiger partial charge is 0.325 e. The molecular weight excluding hydrogens is 1750 g/mol. The number of fused-ring (bicyclic) bond motifs is 3. The van der Waals surface area contributed by atoms with E-state index in [1.807, 2.05) is 97.0 Å². The van der Waals surface area contributed by atoms with Crippen molar-refractivity contribution in [3.8, 4) is 28.7 Å². The Labute approximate surface area is 767 Å². The highest BCUT2D eigenvalue weighted by Crippen LogP contribution is 2.34. The van der Waals surface area contributed by atoms with Gasteiger partial charge in [0.1, 0.15) is 35.9 Å². The number of benzene rings is 9. The average Bonchev–Trinajstić information content (AvgIpc) is 1.70. The summed E-state index contributed by atoms with van der Waals surface area (Å²) in [6, 6.07) is 52.7. The zero-order valence-corrected chi connectivity index (χ0v) is 79.9. The molecule has 2 aliphatic heterocycles. The van der Waals surface area contributed by atoms with Gasteiger partial charge in [-0.1, -0.05) is 127 Å². The highest BCUT2D eigenvalue weighted by molar-refractivity contribution is 9.10. The minimum Gasteiger partial charge on any atom is -0.504 e. The summed E-state index contributed by atoms with van der Waals surface area (Å²) >= 11 is 3.35. The van der Waals surface area contributed by atoms with Crippen molar-refractivity contribution in [2.24, 2.45) is 0 Å². The van der Waals surface area contributed by atoms with Crippen LogP contribution in [-0.2, 0) is 53.7 Å². The van der Waals surface area contributed by atoms with E-state index in [2.05, 4.69) is 125 Å². The van der Waals surface area contributed by atoms with Gasteiger partial charge in [0.2, 0.25) is 20.0 Å². The van der Waals surface area contributed by atoms with Crippen molar-refractivity contribution in [3.63, 3.8) is 0 Å². The number of carbonyl (C=O) groups excluding carboxylic acids is 1. The summed E-state index contributed by atoms with van der Waals surface area (Å²) in [6.07, 6.45) is 4.78. The van der Waals surface area contributed by atoms with Gasteiger partial charge < -0.3 is 56.2 Å². The molecule has 0 spiro atoms. The maximum Gasteiger partial charge on any atom is 0.325 e. The van der Waals surface area contributed by atoms with Gasteiger partial charge in [-0.3, -0.25) is 44.3 Å². The number of ketones is 1. The molecule has 129 heavy (non-hydrogen) atoms. The number of carbonyl (C=O) groups is 4. The molecule has 2 saturated heterocycles. The normalized spacial score (nSPS) is 15.3. The Morgan fingerprint density at radius 2 is 1.17 bits per heavy atom. The van der Waals surface area contributed by atoms with E-state index < -0.39 is 61.5 Å². The average molecular weight is 1880 g/mol. The van der Waals surface area contributed by atoms with Gasteiger partial charge in [0.25, 0.3) is 0 Å².